The number of fused-ring (bicyclic) bond motifs is 1. The van der Waals surface area contributed by atoms with Crippen molar-refractivity contribution in [2.45, 2.75) is 18.9 Å². The molecule has 0 spiro atoms. The molecule has 1 aromatic heterocycles. The summed E-state index contributed by atoms with van der Waals surface area (Å²) >= 11 is 0. The molecule has 0 aliphatic carbocycles. The number of carbonyl (C=O) groups is 1. The van der Waals surface area contributed by atoms with E-state index in [4.69, 9.17) is 10.5 Å². The molecule has 6 heteroatoms. The van der Waals surface area contributed by atoms with Crippen molar-refractivity contribution in [1.29, 1.82) is 0 Å². The highest BCUT2D eigenvalue weighted by atomic mass is 16.5. The maximum absolute atomic E-state index is 12.6. The van der Waals surface area contributed by atoms with Crippen LogP contribution in [-0.4, -0.2) is 22.3 Å². The summed E-state index contributed by atoms with van der Waals surface area (Å²) in [6, 6.07) is 7.64. The van der Waals surface area contributed by atoms with E-state index < -0.39 is 0 Å². The van der Waals surface area contributed by atoms with Gasteiger partial charge in [0.05, 0.1) is 12.5 Å². The number of amides is 1. The minimum absolute atomic E-state index is 0.0702. The van der Waals surface area contributed by atoms with Crippen LogP contribution in [0, 0.1) is 0 Å². The molecule has 3 rings (SSSR count). The fraction of sp³-hybridized carbons (Fsp3) is 0.333. The Kier molecular flexibility index (Phi) is 3.62. The Morgan fingerprint density at radius 3 is 3.14 bits per heavy atom. The van der Waals surface area contributed by atoms with Crippen LogP contribution in [0.25, 0.3) is 0 Å². The summed E-state index contributed by atoms with van der Waals surface area (Å²) in [7, 11) is 1.80. The molecule has 0 fully saturated rings. The Bertz CT molecular complexity index is 665. The molecular formula is C15H18N4O2. The number of aromatic nitrogens is 2. The van der Waals surface area contributed by atoms with E-state index in [0.717, 1.165) is 16.9 Å². The summed E-state index contributed by atoms with van der Waals surface area (Å²) in [5.41, 5.74) is 7.42. The largest absolute Gasteiger partial charge is 0.493 e. The van der Waals surface area contributed by atoms with E-state index in [1.165, 1.54) is 0 Å². The Hall–Kier alpha value is -2.34. The van der Waals surface area contributed by atoms with Gasteiger partial charge < -0.3 is 15.8 Å². The molecule has 0 saturated carbocycles. The number of hydrogen-bond donors (Lipinski definition) is 2. The third-order valence-corrected chi connectivity index (χ3v) is 3.64. The lowest BCUT2D eigenvalue weighted by atomic mass is 9.92. The van der Waals surface area contributed by atoms with Gasteiger partial charge in [-0.15, -0.1) is 0 Å². The molecule has 1 atom stereocenters. The maximum atomic E-state index is 12.6. The summed E-state index contributed by atoms with van der Waals surface area (Å²) in [5.74, 6) is 1.03. The van der Waals surface area contributed by atoms with Crippen molar-refractivity contribution in [2.24, 2.45) is 12.8 Å². The number of hydrogen-bond acceptors (Lipinski definition) is 4. The van der Waals surface area contributed by atoms with E-state index in [2.05, 4.69) is 10.4 Å². The maximum Gasteiger partial charge on any atom is 0.233 e. The van der Waals surface area contributed by atoms with Gasteiger partial charge >= 0.3 is 0 Å². The molecule has 3 N–H and O–H groups in total. The van der Waals surface area contributed by atoms with Crippen LogP contribution in [0.2, 0.25) is 0 Å². The monoisotopic (exact) mass is 286 g/mol. The van der Waals surface area contributed by atoms with Crippen LogP contribution in [0.1, 0.15) is 23.5 Å². The molecule has 21 heavy (non-hydrogen) atoms. The molecule has 6 nitrogen and oxygen atoms in total. The third kappa shape index (κ3) is 2.62. The lowest BCUT2D eigenvalue weighted by Crippen LogP contribution is -2.27. The van der Waals surface area contributed by atoms with E-state index in [0.29, 0.717) is 25.4 Å². The van der Waals surface area contributed by atoms with Crippen molar-refractivity contribution < 1.29 is 9.53 Å². The second-order valence-electron chi connectivity index (χ2n) is 5.10. The molecule has 1 aliphatic rings. The van der Waals surface area contributed by atoms with Crippen LogP contribution in [0.5, 0.6) is 5.75 Å². The standard InChI is InChI=1S/C15H18N4O2/c1-19-9-10(8-16)14(18-19)17-15(20)12-6-7-21-13-5-3-2-4-11(12)13/h2-5,9,12H,6-8,16H2,1H3,(H,17,18,20). The zero-order valence-corrected chi connectivity index (χ0v) is 11.9. The van der Waals surface area contributed by atoms with Gasteiger partial charge in [0.1, 0.15) is 5.75 Å². The van der Waals surface area contributed by atoms with E-state index in [9.17, 15) is 4.79 Å². The predicted octanol–water partition coefficient (Wildman–Crippen LogP) is 1.38. The first-order valence-corrected chi connectivity index (χ1v) is 6.94. The number of ether oxygens (including phenoxy) is 1. The number of para-hydroxylation sites is 1. The SMILES string of the molecule is Cn1cc(CN)c(NC(=O)C2CCOc3ccccc32)n1. The fourth-order valence-electron chi connectivity index (χ4n) is 2.61. The third-order valence-electron chi connectivity index (χ3n) is 3.64. The van der Waals surface area contributed by atoms with Gasteiger partial charge in [0, 0.05) is 30.9 Å². The first-order valence-electron chi connectivity index (χ1n) is 6.94. The molecule has 0 bridgehead atoms. The number of nitrogens with one attached hydrogen (secondary N) is 1. The Balaban J connectivity index is 1.83. The molecule has 0 radical (unpaired) electrons. The van der Waals surface area contributed by atoms with Crippen LogP contribution >= 0.6 is 0 Å². The summed E-state index contributed by atoms with van der Waals surface area (Å²) in [6.07, 6.45) is 2.47. The van der Waals surface area contributed by atoms with Gasteiger partial charge in [-0.1, -0.05) is 18.2 Å². The molecule has 1 unspecified atom stereocenters. The van der Waals surface area contributed by atoms with E-state index in [1.54, 1.807) is 11.7 Å². The molecule has 1 aromatic carbocycles. The fourth-order valence-corrected chi connectivity index (χ4v) is 2.61. The summed E-state index contributed by atoms with van der Waals surface area (Å²) in [5, 5.41) is 7.13. The van der Waals surface area contributed by atoms with Crippen molar-refractivity contribution in [2.75, 3.05) is 11.9 Å². The minimum Gasteiger partial charge on any atom is -0.493 e. The molecular weight excluding hydrogens is 268 g/mol. The van der Waals surface area contributed by atoms with Crippen molar-refractivity contribution in [3.63, 3.8) is 0 Å². The number of rotatable bonds is 3. The first-order chi connectivity index (χ1) is 10.2. The quantitative estimate of drug-likeness (QED) is 0.893. The van der Waals surface area contributed by atoms with Gasteiger partial charge in [-0.3, -0.25) is 9.48 Å². The average molecular weight is 286 g/mol. The lowest BCUT2D eigenvalue weighted by molar-refractivity contribution is -0.118. The molecule has 0 saturated heterocycles. The van der Waals surface area contributed by atoms with E-state index in [1.807, 2.05) is 30.5 Å². The second kappa shape index (κ2) is 5.57. The van der Waals surface area contributed by atoms with Crippen LogP contribution < -0.4 is 15.8 Å². The summed E-state index contributed by atoms with van der Waals surface area (Å²) in [6.45, 7) is 0.884. The highest BCUT2D eigenvalue weighted by molar-refractivity contribution is 5.96. The Morgan fingerprint density at radius 2 is 2.33 bits per heavy atom. The van der Waals surface area contributed by atoms with Gasteiger partial charge in [-0.2, -0.15) is 5.10 Å². The minimum atomic E-state index is -0.220. The summed E-state index contributed by atoms with van der Waals surface area (Å²) in [4.78, 5) is 12.6. The second-order valence-corrected chi connectivity index (χ2v) is 5.10. The van der Waals surface area contributed by atoms with E-state index in [-0.39, 0.29) is 11.8 Å². The summed E-state index contributed by atoms with van der Waals surface area (Å²) < 4.78 is 7.23. The van der Waals surface area contributed by atoms with Gasteiger partial charge in [0.2, 0.25) is 5.91 Å². The smallest absolute Gasteiger partial charge is 0.233 e. The van der Waals surface area contributed by atoms with E-state index >= 15 is 0 Å². The number of nitrogens with two attached hydrogens (primary N) is 1. The van der Waals surface area contributed by atoms with Crippen LogP contribution in [0.3, 0.4) is 0 Å². The van der Waals surface area contributed by atoms with Crippen molar-refractivity contribution in [3.05, 3.63) is 41.6 Å². The first kappa shape index (κ1) is 13.6. The number of benzene rings is 1. The Morgan fingerprint density at radius 1 is 1.52 bits per heavy atom. The Labute approximate surface area is 122 Å². The van der Waals surface area contributed by atoms with Crippen molar-refractivity contribution in [1.82, 2.24) is 9.78 Å². The topological polar surface area (TPSA) is 82.2 Å². The number of aryl methyl sites for hydroxylation is 1. The van der Waals surface area contributed by atoms with Crippen molar-refractivity contribution in [3.8, 4) is 5.75 Å². The number of nitrogens with zero attached hydrogens (tertiary/aromatic N) is 2. The zero-order valence-electron chi connectivity index (χ0n) is 11.9. The molecule has 1 aliphatic heterocycles. The van der Waals surface area contributed by atoms with Crippen LogP contribution in [0.15, 0.2) is 30.5 Å². The van der Waals surface area contributed by atoms with Gasteiger partial charge in [0.15, 0.2) is 5.82 Å². The molecule has 2 heterocycles. The average Bonchev–Trinajstić information content (AvgIpc) is 2.86. The number of anilines is 1. The normalized spacial score (nSPS) is 17.0. The van der Waals surface area contributed by atoms with Gasteiger partial charge in [-0.25, -0.2) is 0 Å². The molecule has 110 valence electrons. The number of carbonyl (C=O) groups excluding carboxylic acids is 1. The lowest BCUT2D eigenvalue weighted by Gasteiger charge is -2.24. The zero-order chi connectivity index (χ0) is 14.8. The predicted molar refractivity (Wildman–Crippen MR) is 79.0 cm³/mol. The van der Waals surface area contributed by atoms with Crippen LogP contribution in [-0.2, 0) is 18.4 Å². The highest BCUT2D eigenvalue weighted by Gasteiger charge is 2.28. The highest BCUT2D eigenvalue weighted by Crippen LogP contribution is 2.34. The van der Waals surface area contributed by atoms with Crippen molar-refractivity contribution >= 4 is 11.7 Å². The van der Waals surface area contributed by atoms with Crippen LogP contribution in [0.4, 0.5) is 5.82 Å². The van der Waals surface area contributed by atoms with Gasteiger partial charge in [-0.05, 0) is 12.5 Å². The molecule has 1 amide bonds. The van der Waals surface area contributed by atoms with Gasteiger partial charge in [0.25, 0.3) is 0 Å². The molecule has 2 aromatic rings.